The van der Waals surface area contributed by atoms with Crippen LogP contribution >= 0.6 is 15.9 Å². The second-order valence-electron chi connectivity index (χ2n) is 9.84. The molecule has 200 valence electrons. The van der Waals surface area contributed by atoms with Gasteiger partial charge in [0.05, 0.1) is 45.1 Å². The van der Waals surface area contributed by atoms with E-state index in [4.69, 9.17) is 14.2 Å². The number of benzene rings is 3. The Hall–Kier alpha value is -3.14. The number of ether oxygens (including phenoxy) is 3. The van der Waals surface area contributed by atoms with E-state index in [1.807, 2.05) is 54.6 Å². The minimum absolute atomic E-state index is 0.116. The van der Waals surface area contributed by atoms with Gasteiger partial charge in [0.1, 0.15) is 23.1 Å². The maximum atomic E-state index is 14.5. The Bertz CT molecular complexity index is 1350. The number of methoxy groups -OCH3 is 1. The van der Waals surface area contributed by atoms with E-state index in [1.54, 1.807) is 18.9 Å². The second kappa shape index (κ2) is 10.9. The normalized spacial score (nSPS) is 19.4. The Morgan fingerprint density at radius 3 is 2.71 bits per heavy atom. The van der Waals surface area contributed by atoms with Gasteiger partial charge in [0.15, 0.2) is 0 Å². The van der Waals surface area contributed by atoms with E-state index < -0.39 is 23.7 Å². The fourth-order valence-corrected chi connectivity index (χ4v) is 5.73. The summed E-state index contributed by atoms with van der Waals surface area (Å²) in [5.74, 6) is 0.529. The van der Waals surface area contributed by atoms with Crippen molar-refractivity contribution in [1.29, 1.82) is 0 Å². The third kappa shape index (κ3) is 5.10. The van der Waals surface area contributed by atoms with Gasteiger partial charge in [-0.25, -0.2) is 0 Å². The first kappa shape index (κ1) is 26.5. The third-order valence-electron chi connectivity index (χ3n) is 7.22. The Labute approximate surface area is 230 Å². The molecule has 0 saturated carbocycles. The maximum absolute atomic E-state index is 14.5. The Morgan fingerprint density at radius 2 is 1.97 bits per heavy atom. The number of rotatable bonds is 6. The molecule has 1 saturated heterocycles. The van der Waals surface area contributed by atoms with Crippen molar-refractivity contribution in [1.82, 2.24) is 5.32 Å². The molecule has 8 nitrogen and oxygen atoms in total. The van der Waals surface area contributed by atoms with Crippen molar-refractivity contribution in [3.63, 3.8) is 0 Å². The topological polar surface area (TPSA) is 97.3 Å². The number of hydrogen-bond acceptors (Lipinski definition) is 6. The molecule has 38 heavy (non-hydrogen) atoms. The minimum Gasteiger partial charge on any atom is -0.496 e. The molecule has 0 bridgehead atoms. The molecule has 2 aliphatic heterocycles. The average Bonchev–Trinajstić information content (AvgIpc) is 2.98. The highest BCUT2D eigenvalue weighted by Crippen LogP contribution is 2.42. The van der Waals surface area contributed by atoms with Gasteiger partial charge in [0.25, 0.3) is 5.91 Å². The molecular formula is C29H31BrN2O6. The van der Waals surface area contributed by atoms with Gasteiger partial charge >= 0.3 is 0 Å². The van der Waals surface area contributed by atoms with Gasteiger partial charge in [-0.1, -0.05) is 40.2 Å². The quantitative estimate of drug-likeness (QED) is 0.448. The number of carbonyl (C=O) groups excluding carboxylic acids is 2. The number of fused-ring (bicyclic) bond motifs is 2. The van der Waals surface area contributed by atoms with Crippen LogP contribution in [0.4, 0.5) is 5.69 Å². The van der Waals surface area contributed by atoms with Crippen LogP contribution in [0, 0.1) is 0 Å². The SMILES string of the molecule is COc1ccc2cc(Br)ccc2c1CN1C(=O)[C@@H](NC(=O)C[C@H](C)O)C2(CCOCC2)Oc2ccccc21. The highest BCUT2D eigenvalue weighted by atomic mass is 79.9. The van der Waals surface area contributed by atoms with Crippen LogP contribution in [0.3, 0.4) is 0 Å². The van der Waals surface area contributed by atoms with E-state index in [9.17, 15) is 14.7 Å². The van der Waals surface area contributed by atoms with Gasteiger partial charge in [-0.2, -0.15) is 0 Å². The molecule has 2 atom stereocenters. The molecular weight excluding hydrogens is 552 g/mol. The molecule has 2 N–H and O–H groups in total. The summed E-state index contributed by atoms with van der Waals surface area (Å²) in [4.78, 5) is 29.0. The number of amides is 2. The third-order valence-corrected chi connectivity index (χ3v) is 7.71. The first-order valence-electron chi connectivity index (χ1n) is 12.7. The van der Waals surface area contributed by atoms with Crippen LogP contribution in [-0.4, -0.2) is 55.0 Å². The molecule has 0 unspecified atom stereocenters. The number of halogens is 1. The Morgan fingerprint density at radius 1 is 1.21 bits per heavy atom. The zero-order valence-electron chi connectivity index (χ0n) is 21.4. The summed E-state index contributed by atoms with van der Waals surface area (Å²) >= 11 is 3.54. The molecule has 2 heterocycles. The van der Waals surface area contributed by atoms with Crippen LogP contribution in [0.5, 0.6) is 11.5 Å². The molecule has 0 radical (unpaired) electrons. The first-order chi connectivity index (χ1) is 18.3. The molecule has 3 aromatic rings. The number of aliphatic hydroxyl groups is 1. The Balaban J connectivity index is 1.63. The molecule has 1 fully saturated rings. The molecule has 0 aromatic heterocycles. The number of nitrogens with one attached hydrogen (secondary N) is 1. The molecule has 9 heteroatoms. The Kier molecular flexibility index (Phi) is 7.61. The van der Waals surface area contributed by atoms with E-state index in [-0.39, 0.29) is 18.9 Å². The van der Waals surface area contributed by atoms with Crippen LogP contribution in [0.2, 0.25) is 0 Å². The van der Waals surface area contributed by atoms with Crippen LogP contribution in [-0.2, 0) is 20.9 Å². The van der Waals surface area contributed by atoms with Crippen molar-refractivity contribution in [2.45, 2.75) is 50.5 Å². The number of hydrogen-bond donors (Lipinski definition) is 2. The van der Waals surface area contributed by atoms with E-state index >= 15 is 0 Å². The molecule has 5 rings (SSSR count). The van der Waals surface area contributed by atoms with Gasteiger partial charge in [-0.3, -0.25) is 9.59 Å². The summed E-state index contributed by atoms with van der Waals surface area (Å²) in [6, 6.07) is 16.3. The van der Waals surface area contributed by atoms with Gasteiger partial charge in [0, 0.05) is 22.9 Å². The van der Waals surface area contributed by atoms with Crippen LogP contribution in [0.25, 0.3) is 10.8 Å². The van der Waals surface area contributed by atoms with Crippen molar-refractivity contribution in [2.24, 2.45) is 0 Å². The van der Waals surface area contributed by atoms with Crippen molar-refractivity contribution in [3.8, 4) is 11.5 Å². The van der Waals surface area contributed by atoms with Gasteiger partial charge < -0.3 is 29.5 Å². The van der Waals surface area contributed by atoms with E-state index in [0.717, 1.165) is 20.8 Å². The lowest BCUT2D eigenvalue weighted by molar-refractivity contribution is -0.138. The number of aliphatic hydroxyl groups excluding tert-OH is 1. The number of nitrogens with zero attached hydrogens (tertiary/aromatic N) is 1. The smallest absolute Gasteiger partial charge is 0.254 e. The van der Waals surface area contributed by atoms with Gasteiger partial charge in [-0.15, -0.1) is 0 Å². The summed E-state index contributed by atoms with van der Waals surface area (Å²) < 4.78 is 18.9. The zero-order valence-corrected chi connectivity index (χ0v) is 23.0. The second-order valence-corrected chi connectivity index (χ2v) is 10.8. The van der Waals surface area contributed by atoms with E-state index in [2.05, 4.69) is 21.2 Å². The standard InChI is InChI=1S/C29H31BrN2O6/c1-18(33)15-26(34)31-27-28(35)32(17-22-21-9-8-20(30)16-19(21)7-10-24(22)36-2)23-5-3-4-6-25(23)38-29(27)11-13-37-14-12-29/h3-10,16,18,27,33H,11-15,17H2,1-2H3,(H,31,34)/t18-,27+/m0/s1. The van der Waals surface area contributed by atoms with Gasteiger partial charge in [-0.05, 0) is 48.0 Å². The average molecular weight is 583 g/mol. The molecule has 2 aliphatic rings. The predicted octanol–water partition coefficient (Wildman–Crippen LogP) is 4.34. The number of anilines is 1. The zero-order chi connectivity index (χ0) is 26.9. The predicted molar refractivity (Wildman–Crippen MR) is 147 cm³/mol. The van der Waals surface area contributed by atoms with Crippen molar-refractivity contribution in [3.05, 3.63) is 64.6 Å². The summed E-state index contributed by atoms with van der Waals surface area (Å²) in [7, 11) is 1.61. The molecule has 0 aliphatic carbocycles. The van der Waals surface area contributed by atoms with E-state index in [0.29, 0.717) is 43.2 Å². The van der Waals surface area contributed by atoms with Crippen molar-refractivity contribution in [2.75, 3.05) is 25.2 Å². The summed E-state index contributed by atoms with van der Waals surface area (Å²) in [5, 5.41) is 14.7. The fourth-order valence-electron chi connectivity index (χ4n) is 5.35. The summed E-state index contributed by atoms with van der Waals surface area (Å²) in [6.45, 7) is 2.56. The van der Waals surface area contributed by atoms with Gasteiger partial charge in [0.2, 0.25) is 5.91 Å². The summed E-state index contributed by atoms with van der Waals surface area (Å²) in [5.41, 5.74) is 0.479. The van der Waals surface area contributed by atoms with Crippen molar-refractivity contribution >= 4 is 44.2 Å². The molecule has 2 amide bonds. The van der Waals surface area contributed by atoms with Crippen LogP contribution < -0.4 is 19.7 Å². The lowest BCUT2D eigenvalue weighted by Crippen LogP contribution is -2.63. The summed E-state index contributed by atoms with van der Waals surface area (Å²) in [6.07, 6.45) is -0.0804. The minimum atomic E-state index is -0.984. The fraction of sp³-hybridized carbons (Fsp3) is 0.379. The lowest BCUT2D eigenvalue weighted by Gasteiger charge is -2.41. The molecule has 1 spiro atoms. The highest BCUT2D eigenvalue weighted by molar-refractivity contribution is 9.10. The largest absolute Gasteiger partial charge is 0.496 e. The first-order valence-corrected chi connectivity index (χ1v) is 13.5. The highest BCUT2D eigenvalue weighted by Gasteiger charge is 2.51. The van der Waals surface area contributed by atoms with Crippen LogP contribution in [0.15, 0.2) is 59.1 Å². The monoisotopic (exact) mass is 582 g/mol. The van der Waals surface area contributed by atoms with Crippen molar-refractivity contribution < 1.29 is 28.9 Å². The maximum Gasteiger partial charge on any atom is 0.254 e. The lowest BCUT2D eigenvalue weighted by atomic mass is 9.84. The van der Waals surface area contributed by atoms with E-state index in [1.165, 1.54) is 0 Å². The number of para-hydroxylation sites is 2. The molecule has 3 aromatic carbocycles. The van der Waals surface area contributed by atoms with Crippen LogP contribution in [0.1, 0.15) is 31.7 Å². The number of carbonyl (C=O) groups is 2.